The van der Waals surface area contributed by atoms with E-state index in [0.717, 1.165) is 5.56 Å². The first-order valence-electron chi connectivity index (χ1n) is 5.30. The van der Waals surface area contributed by atoms with Gasteiger partial charge in [0, 0.05) is 10.7 Å². The summed E-state index contributed by atoms with van der Waals surface area (Å²) in [7, 11) is 1.61. The van der Waals surface area contributed by atoms with Crippen LogP contribution in [0.25, 0.3) is 0 Å². The van der Waals surface area contributed by atoms with Crippen LogP contribution in [0.2, 0.25) is 0 Å². The van der Waals surface area contributed by atoms with Gasteiger partial charge >= 0.3 is 0 Å². The predicted molar refractivity (Wildman–Crippen MR) is 68.6 cm³/mol. The average molecular weight is 277 g/mol. The van der Waals surface area contributed by atoms with E-state index in [1.54, 1.807) is 6.07 Å². The molecule has 0 aliphatic heterocycles. The van der Waals surface area contributed by atoms with Crippen molar-refractivity contribution in [1.82, 2.24) is 0 Å². The first kappa shape index (κ1) is 14.5. The fourth-order valence-electron chi connectivity index (χ4n) is 1.26. The molecular formula is C12H17ClO3S. The first-order chi connectivity index (χ1) is 7.68. The topological polar surface area (TPSA) is 43.4 Å². The minimum Gasteiger partial charge on any atom is -0.376 e. The molecule has 17 heavy (non-hydrogen) atoms. The summed E-state index contributed by atoms with van der Waals surface area (Å²) < 4.78 is 27.8. The Kier molecular flexibility index (Phi) is 4.58. The molecule has 5 heteroatoms. The Morgan fingerprint density at radius 3 is 2.47 bits per heavy atom. The lowest BCUT2D eigenvalue weighted by atomic mass is 9.99. The molecule has 0 fully saturated rings. The molecule has 1 rings (SSSR count). The van der Waals surface area contributed by atoms with Crippen molar-refractivity contribution in [3.05, 3.63) is 29.8 Å². The van der Waals surface area contributed by atoms with Gasteiger partial charge in [0.05, 0.1) is 18.1 Å². The fourth-order valence-corrected chi connectivity index (χ4v) is 2.08. The Labute approximate surface area is 107 Å². The molecule has 0 heterocycles. The predicted octanol–water partition coefficient (Wildman–Crippen LogP) is 3.18. The molecule has 0 aliphatic rings. The average Bonchev–Trinajstić information content (AvgIpc) is 2.15. The summed E-state index contributed by atoms with van der Waals surface area (Å²) in [5.74, 6) is 0. The number of ether oxygens (including phenoxy) is 1. The van der Waals surface area contributed by atoms with Crippen LogP contribution in [0.4, 0.5) is 0 Å². The van der Waals surface area contributed by atoms with Crippen molar-refractivity contribution >= 4 is 19.7 Å². The molecule has 0 spiro atoms. The SMILES string of the molecule is CC(C)(C)COCc1cccc(S(=O)(=O)Cl)c1. The van der Waals surface area contributed by atoms with Crippen molar-refractivity contribution < 1.29 is 13.2 Å². The van der Waals surface area contributed by atoms with E-state index in [0.29, 0.717) is 13.2 Å². The van der Waals surface area contributed by atoms with E-state index in [4.69, 9.17) is 15.4 Å². The van der Waals surface area contributed by atoms with Gasteiger partial charge < -0.3 is 4.74 Å². The zero-order valence-corrected chi connectivity index (χ0v) is 11.8. The maximum Gasteiger partial charge on any atom is 0.261 e. The van der Waals surface area contributed by atoms with Crippen LogP contribution in [0.15, 0.2) is 29.2 Å². The van der Waals surface area contributed by atoms with E-state index in [1.807, 2.05) is 6.07 Å². The lowest BCUT2D eigenvalue weighted by Crippen LogP contribution is -2.14. The number of benzene rings is 1. The van der Waals surface area contributed by atoms with Crippen molar-refractivity contribution in [3.63, 3.8) is 0 Å². The molecule has 0 aliphatic carbocycles. The molecule has 0 aromatic heterocycles. The molecule has 1 aromatic rings. The van der Waals surface area contributed by atoms with Gasteiger partial charge in [0.1, 0.15) is 0 Å². The smallest absolute Gasteiger partial charge is 0.261 e. The molecule has 0 saturated carbocycles. The maximum absolute atomic E-state index is 11.1. The van der Waals surface area contributed by atoms with Gasteiger partial charge in [-0.3, -0.25) is 0 Å². The van der Waals surface area contributed by atoms with E-state index in [2.05, 4.69) is 20.8 Å². The number of rotatable bonds is 4. The summed E-state index contributed by atoms with van der Waals surface area (Å²) in [4.78, 5) is 0.107. The number of halogens is 1. The highest BCUT2D eigenvalue weighted by Crippen LogP contribution is 2.18. The van der Waals surface area contributed by atoms with Crippen LogP contribution in [0.5, 0.6) is 0 Å². The van der Waals surface area contributed by atoms with E-state index in [1.165, 1.54) is 12.1 Å². The Balaban J connectivity index is 2.68. The van der Waals surface area contributed by atoms with Gasteiger partial charge in [-0.25, -0.2) is 8.42 Å². The van der Waals surface area contributed by atoms with Crippen LogP contribution in [0.3, 0.4) is 0 Å². The van der Waals surface area contributed by atoms with Crippen molar-refractivity contribution in [3.8, 4) is 0 Å². The van der Waals surface area contributed by atoms with Crippen LogP contribution in [0.1, 0.15) is 26.3 Å². The standard InChI is InChI=1S/C12H17ClO3S/c1-12(2,3)9-16-8-10-5-4-6-11(7-10)17(13,14)15/h4-7H,8-9H2,1-3H3. The molecule has 0 saturated heterocycles. The summed E-state index contributed by atoms with van der Waals surface area (Å²) in [6.07, 6.45) is 0. The summed E-state index contributed by atoms with van der Waals surface area (Å²) in [5.41, 5.74) is 0.895. The van der Waals surface area contributed by atoms with E-state index in [9.17, 15) is 8.42 Å². The Morgan fingerprint density at radius 1 is 1.29 bits per heavy atom. The normalized spacial score (nSPS) is 12.7. The zero-order chi connectivity index (χ0) is 13.1. The Bertz CT molecular complexity index is 475. The zero-order valence-electron chi connectivity index (χ0n) is 10.2. The van der Waals surface area contributed by atoms with Gasteiger partial charge in [0.25, 0.3) is 9.05 Å². The fraction of sp³-hybridized carbons (Fsp3) is 0.500. The van der Waals surface area contributed by atoms with E-state index < -0.39 is 9.05 Å². The molecule has 1 aromatic carbocycles. The van der Waals surface area contributed by atoms with Gasteiger partial charge in [-0.15, -0.1) is 0 Å². The van der Waals surface area contributed by atoms with Crippen LogP contribution in [-0.2, 0) is 20.4 Å². The Hall–Kier alpha value is -0.580. The second-order valence-corrected chi connectivity index (χ2v) is 7.70. The quantitative estimate of drug-likeness (QED) is 0.794. The minimum atomic E-state index is -3.66. The van der Waals surface area contributed by atoms with Gasteiger partial charge in [-0.05, 0) is 23.1 Å². The summed E-state index contributed by atoms with van der Waals surface area (Å²) in [6, 6.07) is 6.47. The minimum absolute atomic E-state index is 0.0934. The molecule has 0 bridgehead atoms. The molecule has 0 radical (unpaired) electrons. The maximum atomic E-state index is 11.1. The van der Waals surface area contributed by atoms with Crippen LogP contribution < -0.4 is 0 Å². The number of hydrogen-bond donors (Lipinski definition) is 0. The molecule has 0 unspecified atom stereocenters. The molecular weight excluding hydrogens is 260 g/mol. The Morgan fingerprint density at radius 2 is 1.94 bits per heavy atom. The van der Waals surface area contributed by atoms with Gasteiger partial charge in [0.2, 0.25) is 0 Å². The monoisotopic (exact) mass is 276 g/mol. The summed E-state index contributed by atoms with van der Waals surface area (Å²) >= 11 is 0. The highest BCUT2D eigenvalue weighted by Gasteiger charge is 2.12. The first-order valence-corrected chi connectivity index (χ1v) is 7.61. The second-order valence-electron chi connectivity index (χ2n) is 5.14. The summed E-state index contributed by atoms with van der Waals surface area (Å²) in [5, 5.41) is 0. The molecule has 0 atom stereocenters. The molecule has 0 amide bonds. The van der Waals surface area contributed by atoms with Crippen LogP contribution in [0, 0.1) is 5.41 Å². The highest BCUT2D eigenvalue weighted by atomic mass is 35.7. The van der Waals surface area contributed by atoms with E-state index in [-0.39, 0.29) is 10.3 Å². The van der Waals surface area contributed by atoms with Gasteiger partial charge in [-0.1, -0.05) is 32.9 Å². The second kappa shape index (κ2) is 5.38. The lowest BCUT2D eigenvalue weighted by Gasteiger charge is -2.18. The molecule has 96 valence electrons. The van der Waals surface area contributed by atoms with Crippen LogP contribution >= 0.6 is 10.7 Å². The van der Waals surface area contributed by atoms with E-state index >= 15 is 0 Å². The largest absolute Gasteiger partial charge is 0.376 e. The van der Waals surface area contributed by atoms with Gasteiger partial charge in [0.15, 0.2) is 0 Å². The molecule has 3 nitrogen and oxygen atoms in total. The third-order valence-electron chi connectivity index (χ3n) is 1.98. The van der Waals surface area contributed by atoms with Gasteiger partial charge in [-0.2, -0.15) is 0 Å². The van der Waals surface area contributed by atoms with Crippen LogP contribution in [-0.4, -0.2) is 15.0 Å². The highest BCUT2D eigenvalue weighted by molar-refractivity contribution is 8.13. The summed E-state index contributed by atoms with van der Waals surface area (Å²) in [6.45, 7) is 7.23. The van der Waals surface area contributed by atoms with Crippen molar-refractivity contribution in [2.45, 2.75) is 32.3 Å². The van der Waals surface area contributed by atoms with Crippen molar-refractivity contribution in [2.75, 3.05) is 6.61 Å². The molecule has 0 N–H and O–H groups in total. The number of hydrogen-bond acceptors (Lipinski definition) is 3. The van der Waals surface area contributed by atoms with Crippen molar-refractivity contribution in [1.29, 1.82) is 0 Å². The third kappa shape index (κ3) is 5.52. The third-order valence-corrected chi connectivity index (χ3v) is 3.34. The van der Waals surface area contributed by atoms with Crippen molar-refractivity contribution in [2.24, 2.45) is 5.41 Å². The lowest BCUT2D eigenvalue weighted by molar-refractivity contribution is 0.0598.